The Morgan fingerprint density at radius 2 is 1.87 bits per heavy atom. The van der Waals surface area contributed by atoms with Crippen LogP contribution < -0.4 is 16.6 Å². The monoisotopic (exact) mass is 623 g/mol. The molecule has 2 rings (SSSR count). The van der Waals surface area contributed by atoms with E-state index in [2.05, 4.69) is 30.3 Å². The predicted molar refractivity (Wildman–Crippen MR) is 123 cm³/mol. The van der Waals surface area contributed by atoms with E-state index in [1.54, 1.807) is 0 Å². The molecule has 20 nitrogen and oxygen atoms in total. The summed E-state index contributed by atoms with van der Waals surface area (Å²) >= 11 is 0. The normalized spacial score (nSPS) is 22.4. The Hall–Kier alpha value is -2.04. The second-order valence-corrected chi connectivity index (χ2v) is 11.8. The van der Waals surface area contributed by atoms with Crippen LogP contribution in [-0.2, 0) is 41.1 Å². The van der Waals surface area contributed by atoms with Gasteiger partial charge in [0, 0.05) is 12.6 Å². The number of nitrogens with one attached hydrogen (secondary N) is 2. The number of carbonyl (C=O) groups is 1. The molecule has 0 spiro atoms. The Morgan fingerprint density at radius 3 is 2.51 bits per heavy atom. The van der Waals surface area contributed by atoms with Crippen LogP contribution in [0.15, 0.2) is 15.8 Å². The van der Waals surface area contributed by atoms with Crippen molar-refractivity contribution in [3.8, 4) is 11.8 Å². The summed E-state index contributed by atoms with van der Waals surface area (Å²) in [4.78, 5) is 73.6. The number of aromatic nitrogens is 2. The van der Waals surface area contributed by atoms with E-state index >= 15 is 0 Å². The largest absolute Gasteiger partial charge is 0.490 e. The molecule has 0 saturated carbocycles. The molecule has 0 radical (unpaired) electrons. The molecular weight excluding hydrogens is 599 g/mol. The van der Waals surface area contributed by atoms with Gasteiger partial charge >= 0.3 is 29.2 Å². The number of hydrogen-bond acceptors (Lipinski definition) is 13. The molecule has 1 aliphatic rings. The van der Waals surface area contributed by atoms with Gasteiger partial charge in [0.05, 0.1) is 32.5 Å². The van der Waals surface area contributed by atoms with Crippen LogP contribution >= 0.6 is 23.5 Å². The summed E-state index contributed by atoms with van der Waals surface area (Å²) in [6.45, 7) is -1.78. The van der Waals surface area contributed by atoms with E-state index in [9.17, 15) is 38.1 Å². The molecule has 1 fully saturated rings. The van der Waals surface area contributed by atoms with Gasteiger partial charge in [0.15, 0.2) is 0 Å². The first-order chi connectivity index (χ1) is 18.0. The molecule has 8 N–H and O–H groups in total. The van der Waals surface area contributed by atoms with Crippen LogP contribution in [-0.4, -0.2) is 90.4 Å². The van der Waals surface area contributed by atoms with Gasteiger partial charge in [-0.3, -0.25) is 23.7 Å². The van der Waals surface area contributed by atoms with Crippen molar-refractivity contribution >= 4 is 29.4 Å². The topological polar surface area (TPSA) is 303 Å². The summed E-state index contributed by atoms with van der Waals surface area (Å²) in [5.74, 6) is 4.38. The van der Waals surface area contributed by atoms with Gasteiger partial charge in [-0.2, -0.15) is 8.62 Å². The molecule has 3 unspecified atom stereocenters. The van der Waals surface area contributed by atoms with E-state index < -0.39 is 65.7 Å². The molecule has 1 saturated heterocycles. The van der Waals surface area contributed by atoms with E-state index in [1.807, 2.05) is 4.98 Å². The van der Waals surface area contributed by atoms with E-state index in [4.69, 9.17) is 29.3 Å². The zero-order valence-electron chi connectivity index (χ0n) is 19.5. The maximum absolute atomic E-state index is 12.3. The van der Waals surface area contributed by atoms with E-state index in [-0.39, 0.29) is 38.3 Å². The van der Waals surface area contributed by atoms with Gasteiger partial charge in [-0.05, 0) is 0 Å². The highest BCUT2D eigenvalue weighted by atomic mass is 31.3. The standard InChI is InChI=1S/C16H24N3O17P3/c20-4-5-32-9-13(22)17-3-1-2-10-7-19(16(24)18-15(10)23)14-6-11(21)12(34-14)8-33-38(28,29)36-39(30,31)35-37(25,26)27/h7,11-12,14,20-21H,3-6,8-9H2,(H,17,22)(H,28,29)(H,30,31)(H,18,23,24)(H2,25,26,27)/t11?,12-,14-/m1/s1. The Bertz CT molecular complexity index is 1340. The number of amides is 1. The zero-order chi connectivity index (χ0) is 29.4. The molecule has 5 atom stereocenters. The van der Waals surface area contributed by atoms with Crippen molar-refractivity contribution in [2.24, 2.45) is 0 Å². The van der Waals surface area contributed by atoms with Crippen molar-refractivity contribution in [2.75, 3.05) is 33.0 Å². The highest BCUT2D eigenvalue weighted by Crippen LogP contribution is 2.66. The van der Waals surface area contributed by atoms with Crippen LogP contribution in [0, 0.1) is 11.8 Å². The highest BCUT2D eigenvalue weighted by Gasteiger charge is 2.43. The molecule has 220 valence electrons. The van der Waals surface area contributed by atoms with Crippen molar-refractivity contribution in [1.29, 1.82) is 0 Å². The van der Waals surface area contributed by atoms with Crippen LogP contribution in [0.1, 0.15) is 18.2 Å². The molecule has 23 heteroatoms. The summed E-state index contributed by atoms with van der Waals surface area (Å²) in [6, 6.07) is 0. The lowest BCUT2D eigenvalue weighted by molar-refractivity contribution is -0.125. The number of hydrogen-bond donors (Lipinski definition) is 8. The first-order valence-corrected chi connectivity index (χ1v) is 15.0. The summed E-state index contributed by atoms with van der Waals surface area (Å²) in [5, 5.41) is 21.1. The fourth-order valence-corrected chi connectivity index (χ4v) is 5.89. The SMILES string of the molecule is O=C(COCCO)NCC#Cc1cn([C@H]2CC(O)[C@@H](COP(=O)(O)OP(=O)(O)OP(=O)(O)O)O2)c(=O)[nH]c1=O. The number of aliphatic hydroxyl groups is 2. The van der Waals surface area contributed by atoms with Gasteiger partial charge in [-0.25, -0.2) is 18.5 Å². The lowest BCUT2D eigenvalue weighted by atomic mass is 10.2. The van der Waals surface area contributed by atoms with Crippen molar-refractivity contribution < 1.29 is 70.9 Å². The predicted octanol–water partition coefficient (Wildman–Crippen LogP) is -3.00. The molecule has 0 aromatic carbocycles. The van der Waals surface area contributed by atoms with Gasteiger partial charge in [0.1, 0.15) is 24.5 Å². The number of nitrogens with zero attached hydrogens (tertiary/aromatic N) is 1. The number of aliphatic hydroxyl groups excluding tert-OH is 2. The van der Waals surface area contributed by atoms with Gasteiger partial charge in [-0.15, -0.1) is 0 Å². The minimum absolute atomic E-state index is 0.0346. The Labute approximate surface area is 217 Å². The van der Waals surface area contributed by atoms with Crippen LogP contribution in [0.25, 0.3) is 0 Å². The summed E-state index contributed by atoms with van der Waals surface area (Å²) < 4.78 is 56.5. The summed E-state index contributed by atoms with van der Waals surface area (Å²) in [7, 11) is -16.8. The second-order valence-electron chi connectivity index (χ2n) is 7.38. The first kappa shape index (κ1) is 33.2. The number of carbonyl (C=O) groups excluding carboxylic acids is 1. The maximum atomic E-state index is 12.3. The number of phosphoric acid groups is 3. The molecule has 1 amide bonds. The first-order valence-electron chi connectivity index (χ1n) is 10.4. The molecule has 1 aromatic rings. The Morgan fingerprint density at radius 1 is 1.18 bits per heavy atom. The molecule has 1 aromatic heterocycles. The van der Waals surface area contributed by atoms with E-state index in [0.29, 0.717) is 0 Å². The Balaban J connectivity index is 2.03. The highest BCUT2D eigenvalue weighted by molar-refractivity contribution is 7.66. The lowest BCUT2D eigenvalue weighted by Crippen LogP contribution is -2.34. The smallest absolute Gasteiger partial charge is 0.394 e. The lowest BCUT2D eigenvalue weighted by Gasteiger charge is -2.19. The van der Waals surface area contributed by atoms with Crippen LogP contribution in [0.3, 0.4) is 0 Å². The van der Waals surface area contributed by atoms with Gasteiger partial charge < -0.3 is 44.6 Å². The minimum atomic E-state index is -5.75. The molecular formula is C16H24N3O17P3. The van der Waals surface area contributed by atoms with Crippen molar-refractivity contribution in [2.45, 2.75) is 24.9 Å². The number of ether oxygens (including phenoxy) is 2. The number of aromatic amines is 1. The third-order valence-corrected chi connectivity index (χ3v) is 8.17. The Kier molecular flexibility index (Phi) is 11.9. The third-order valence-electron chi connectivity index (χ3n) is 4.37. The van der Waals surface area contributed by atoms with Crippen LogP contribution in [0.4, 0.5) is 0 Å². The minimum Gasteiger partial charge on any atom is -0.394 e. The molecule has 0 aliphatic carbocycles. The van der Waals surface area contributed by atoms with Crippen LogP contribution in [0.5, 0.6) is 0 Å². The van der Waals surface area contributed by atoms with Gasteiger partial charge in [-0.1, -0.05) is 11.8 Å². The fraction of sp³-hybridized carbons (Fsp3) is 0.562. The van der Waals surface area contributed by atoms with E-state index in [0.717, 1.165) is 10.8 Å². The quantitative estimate of drug-likeness (QED) is 0.0617. The average molecular weight is 623 g/mol. The molecule has 2 heterocycles. The van der Waals surface area contributed by atoms with Gasteiger partial charge in [0.25, 0.3) is 5.56 Å². The second kappa shape index (κ2) is 14.0. The maximum Gasteiger partial charge on any atom is 0.490 e. The fourth-order valence-electron chi connectivity index (χ4n) is 2.86. The molecule has 39 heavy (non-hydrogen) atoms. The van der Waals surface area contributed by atoms with E-state index in [1.165, 1.54) is 0 Å². The van der Waals surface area contributed by atoms with Crippen molar-refractivity contribution in [3.63, 3.8) is 0 Å². The molecule has 1 aliphatic heterocycles. The number of H-pyrrole nitrogens is 1. The third kappa shape index (κ3) is 11.5. The summed E-state index contributed by atoms with van der Waals surface area (Å²) in [5.41, 5.74) is -2.06. The average Bonchev–Trinajstić information content (AvgIpc) is 3.14. The number of phosphoric ester groups is 1. The van der Waals surface area contributed by atoms with Gasteiger partial charge in [0.2, 0.25) is 5.91 Å². The summed E-state index contributed by atoms with van der Waals surface area (Å²) in [6.07, 6.45) is -3.39. The van der Waals surface area contributed by atoms with Crippen molar-refractivity contribution in [3.05, 3.63) is 32.6 Å². The van der Waals surface area contributed by atoms with Crippen LogP contribution in [0.2, 0.25) is 0 Å². The number of rotatable bonds is 13. The molecule has 0 bridgehead atoms. The zero-order valence-corrected chi connectivity index (χ0v) is 22.2. The van der Waals surface area contributed by atoms with Crippen molar-refractivity contribution in [1.82, 2.24) is 14.9 Å².